The Labute approximate surface area is 117 Å². The van der Waals surface area contributed by atoms with E-state index >= 15 is 0 Å². The minimum Gasteiger partial charge on any atom is -0.497 e. The van der Waals surface area contributed by atoms with Crippen LogP contribution in [0.2, 0.25) is 0 Å². The number of carbonyl (C=O) groups excluding carboxylic acids is 1. The van der Waals surface area contributed by atoms with E-state index in [0.29, 0.717) is 18.0 Å². The quantitative estimate of drug-likeness (QED) is 0.840. The lowest BCUT2D eigenvalue weighted by Gasteiger charge is -2.06. The molecular weight excluding hydrogens is 256 g/mol. The number of rotatable bonds is 4. The van der Waals surface area contributed by atoms with Crippen molar-refractivity contribution in [3.05, 3.63) is 35.4 Å². The highest BCUT2D eigenvalue weighted by Gasteiger charge is 2.16. The zero-order valence-corrected chi connectivity index (χ0v) is 11.8. The fourth-order valence-corrected chi connectivity index (χ4v) is 2.06. The molecule has 0 radical (unpaired) electrons. The van der Waals surface area contributed by atoms with Gasteiger partial charge in [-0.1, -0.05) is 0 Å². The van der Waals surface area contributed by atoms with Crippen LogP contribution in [0.25, 0.3) is 11.3 Å². The van der Waals surface area contributed by atoms with Gasteiger partial charge in [0.15, 0.2) is 0 Å². The van der Waals surface area contributed by atoms with Crippen LogP contribution in [-0.2, 0) is 4.74 Å². The van der Waals surface area contributed by atoms with Crippen molar-refractivity contribution in [2.24, 2.45) is 0 Å². The Balaban J connectivity index is 2.39. The van der Waals surface area contributed by atoms with Gasteiger partial charge in [-0.15, -0.1) is 0 Å². The number of carbonyl (C=O) groups is 1. The zero-order chi connectivity index (χ0) is 14.7. The third kappa shape index (κ3) is 2.61. The Hall–Kier alpha value is -2.43. The maximum Gasteiger partial charge on any atom is 0.341 e. The number of aromatic nitrogens is 1. The van der Waals surface area contributed by atoms with E-state index in [-0.39, 0.29) is 0 Å². The van der Waals surface area contributed by atoms with Gasteiger partial charge in [-0.05, 0) is 43.7 Å². The van der Waals surface area contributed by atoms with Gasteiger partial charge in [0.1, 0.15) is 17.1 Å². The van der Waals surface area contributed by atoms with Crippen molar-refractivity contribution in [1.29, 1.82) is 0 Å². The van der Waals surface area contributed by atoms with Crippen LogP contribution in [0.1, 0.15) is 22.8 Å². The van der Waals surface area contributed by atoms with Gasteiger partial charge >= 0.3 is 5.97 Å². The van der Waals surface area contributed by atoms with Crippen molar-refractivity contribution in [3.63, 3.8) is 0 Å². The molecule has 1 heterocycles. The maximum absolute atomic E-state index is 11.8. The average molecular weight is 274 g/mol. The molecule has 2 aromatic rings. The van der Waals surface area contributed by atoms with Crippen molar-refractivity contribution in [1.82, 2.24) is 4.98 Å². The average Bonchev–Trinajstić information content (AvgIpc) is 2.80. The van der Waals surface area contributed by atoms with Gasteiger partial charge in [0, 0.05) is 11.3 Å². The molecule has 5 nitrogen and oxygen atoms in total. The molecule has 1 aromatic heterocycles. The van der Waals surface area contributed by atoms with E-state index in [1.165, 1.54) is 0 Å². The summed E-state index contributed by atoms with van der Waals surface area (Å²) >= 11 is 0. The van der Waals surface area contributed by atoms with Crippen LogP contribution in [0.15, 0.2) is 24.3 Å². The summed E-state index contributed by atoms with van der Waals surface area (Å²) in [4.78, 5) is 14.8. The van der Waals surface area contributed by atoms with Gasteiger partial charge in [0.2, 0.25) is 0 Å². The first kappa shape index (κ1) is 14.0. The van der Waals surface area contributed by atoms with E-state index in [2.05, 4.69) is 4.98 Å². The molecule has 0 aliphatic heterocycles. The molecule has 5 heteroatoms. The molecule has 0 aliphatic rings. The van der Waals surface area contributed by atoms with Crippen LogP contribution in [0.4, 0.5) is 5.82 Å². The molecule has 3 N–H and O–H groups in total. The molecule has 106 valence electrons. The van der Waals surface area contributed by atoms with Gasteiger partial charge in [-0.2, -0.15) is 0 Å². The number of esters is 1. The van der Waals surface area contributed by atoms with Crippen LogP contribution in [-0.4, -0.2) is 24.7 Å². The third-order valence-electron chi connectivity index (χ3n) is 3.07. The SMILES string of the molecule is CCOC(=O)c1cc(-c2ccc(OC)cc2C)[nH]c1N. The Kier molecular flexibility index (Phi) is 3.98. The summed E-state index contributed by atoms with van der Waals surface area (Å²) in [6.07, 6.45) is 0. The number of nitrogen functional groups attached to an aromatic ring is 1. The number of ether oxygens (including phenoxy) is 2. The molecule has 0 saturated carbocycles. The van der Waals surface area contributed by atoms with E-state index in [1.54, 1.807) is 20.1 Å². The molecule has 0 fully saturated rings. The number of nitrogens with one attached hydrogen (secondary N) is 1. The van der Waals surface area contributed by atoms with Crippen molar-refractivity contribution < 1.29 is 14.3 Å². The van der Waals surface area contributed by atoms with Crippen LogP contribution < -0.4 is 10.5 Å². The van der Waals surface area contributed by atoms with E-state index in [0.717, 1.165) is 22.6 Å². The number of hydrogen-bond donors (Lipinski definition) is 2. The van der Waals surface area contributed by atoms with E-state index in [9.17, 15) is 4.79 Å². The van der Waals surface area contributed by atoms with Gasteiger partial charge in [-0.3, -0.25) is 0 Å². The fraction of sp³-hybridized carbons (Fsp3) is 0.267. The topological polar surface area (TPSA) is 77.3 Å². The molecule has 0 aliphatic carbocycles. The fourth-order valence-electron chi connectivity index (χ4n) is 2.06. The highest BCUT2D eigenvalue weighted by atomic mass is 16.5. The second-order valence-electron chi connectivity index (χ2n) is 4.41. The lowest BCUT2D eigenvalue weighted by Crippen LogP contribution is -2.05. The molecule has 2 rings (SSSR count). The van der Waals surface area contributed by atoms with Gasteiger partial charge < -0.3 is 20.2 Å². The first-order valence-corrected chi connectivity index (χ1v) is 6.37. The minimum atomic E-state index is -0.418. The number of nitrogens with two attached hydrogens (primary N) is 1. The number of aromatic amines is 1. The summed E-state index contributed by atoms with van der Waals surface area (Å²) in [7, 11) is 1.62. The Bertz CT molecular complexity index is 632. The van der Waals surface area contributed by atoms with E-state index in [4.69, 9.17) is 15.2 Å². The first-order valence-electron chi connectivity index (χ1n) is 6.37. The lowest BCUT2D eigenvalue weighted by atomic mass is 10.1. The number of H-pyrrole nitrogens is 1. The molecule has 1 aromatic carbocycles. The molecule has 0 atom stereocenters. The summed E-state index contributed by atoms with van der Waals surface area (Å²) in [6, 6.07) is 7.43. The molecule has 0 saturated heterocycles. The summed E-state index contributed by atoms with van der Waals surface area (Å²) < 4.78 is 10.1. The largest absolute Gasteiger partial charge is 0.497 e. The molecule has 0 spiro atoms. The van der Waals surface area contributed by atoms with Crippen LogP contribution >= 0.6 is 0 Å². The Morgan fingerprint density at radius 2 is 2.10 bits per heavy atom. The van der Waals surface area contributed by atoms with Crippen molar-refractivity contribution in [2.75, 3.05) is 19.5 Å². The van der Waals surface area contributed by atoms with Crippen LogP contribution in [0.3, 0.4) is 0 Å². The Morgan fingerprint density at radius 1 is 1.35 bits per heavy atom. The molecular formula is C15H18N2O3. The predicted octanol–water partition coefficient (Wildman–Crippen LogP) is 2.76. The second kappa shape index (κ2) is 5.69. The molecule has 0 unspecified atom stereocenters. The third-order valence-corrected chi connectivity index (χ3v) is 3.07. The van der Waals surface area contributed by atoms with E-state index < -0.39 is 5.97 Å². The summed E-state index contributed by atoms with van der Waals surface area (Å²) in [5.74, 6) is 0.684. The lowest BCUT2D eigenvalue weighted by molar-refractivity contribution is 0.0528. The number of aryl methyl sites for hydroxylation is 1. The van der Waals surface area contributed by atoms with Crippen LogP contribution in [0.5, 0.6) is 5.75 Å². The molecule has 20 heavy (non-hydrogen) atoms. The van der Waals surface area contributed by atoms with Gasteiger partial charge in [-0.25, -0.2) is 4.79 Å². The predicted molar refractivity (Wildman–Crippen MR) is 77.9 cm³/mol. The van der Waals surface area contributed by atoms with E-state index in [1.807, 2.05) is 25.1 Å². The van der Waals surface area contributed by atoms with Crippen molar-refractivity contribution >= 4 is 11.8 Å². The maximum atomic E-state index is 11.8. The summed E-state index contributed by atoms with van der Waals surface area (Å²) in [6.45, 7) is 4.05. The van der Waals surface area contributed by atoms with Crippen LogP contribution in [0, 0.1) is 6.92 Å². The number of anilines is 1. The molecule has 0 bridgehead atoms. The number of hydrogen-bond acceptors (Lipinski definition) is 4. The smallest absolute Gasteiger partial charge is 0.341 e. The number of benzene rings is 1. The Morgan fingerprint density at radius 3 is 2.70 bits per heavy atom. The monoisotopic (exact) mass is 274 g/mol. The van der Waals surface area contributed by atoms with Gasteiger partial charge in [0.25, 0.3) is 0 Å². The standard InChI is InChI=1S/C15H18N2O3/c1-4-20-15(18)12-8-13(17-14(12)16)11-6-5-10(19-3)7-9(11)2/h5-8,17H,4,16H2,1-3H3. The first-order chi connectivity index (χ1) is 9.56. The normalized spacial score (nSPS) is 10.3. The molecule has 0 amide bonds. The summed E-state index contributed by atoms with van der Waals surface area (Å²) in [5.41, 5.74) is 8.97. The van der Waals surface area contributed by atoms with Crippen molar-refractivity contribution in [2.45, 2.75) is 13.8 Å². The van der Waals surface area contributed by atoms with Gasteiger partial charge in [0.05, 0.1) is 13.7 Å². The zero-order valence-electron chi connectivity index (χ0n) is 11.8. The highest BCUT2D eigenvalue weighted by molar-refractivity contribution is 5.96. The second-order valence-corrected chi connectivity index (χ2v) is 4.41. The highest BCUT2D eigenvalue weighted by Crippen LogP contribution is 2.29. The van der Waals surface area contributed by atoms with Crippen molar-refractivity contribution in [3.8, 4) is 17.0 Å². The summed E-state index contributed by atoms with van der Waals surface area (Å²) in [5, 5.41) is 0. The minimum absolute atomic E-state index is 0.314. The number of methoxy groups -OCH3 is 1.